The number of nitrogens with one attached hydrogen (secondary N) is 1. The van der Waals surface area contributed by atoms with Crippen LogP contribution in [0.5, 0.6) is 0 Å². The fourth-order valence-corrected chi connectivity index (χ4v) is 5.00. The van der Waals surface area contributed by atoms with Gasteiger partial charge >= 0.3 is 5.97 Å². The number of carboxylic acid groups (broad SMARTS) is 1. The predicted octanol–water partition coefficient (Wildman–Crippen LogP) is 5.55. The zero-order valence-electron chi connectivity index (χ0n) is 20.2. The molecule has 1 aliphatic rings. The average Bonchev–Trinajstić information content (AvgIpc) is 2.86. The third kappa shape index (κ3) is 5.73. The van der Waals surface area contributed by atoms with Crippen LogP contribution in [-0.2, 0) is 22.4 Å². The number of carboxylic acids is 1. The number of hydrogen-bond acceptors (Lipinski definition) is 5. The molecule has 0 saturated heterocycles. The Morgan fingerprint density at radius 1 is 1.03 bits per heavy atom. The molecular formula is C28H25Cl2N3O4. The molecule has 4 rings (SSSR count). The lowest BCUT2D eigenvalue weighted by atomic mass is 9.59. The number of anilines is 1. The molecule has 2 atom stereocenters. The number of hydrogen-bond donors (Lipinski definition) is 2. The number of halogens is 2. The number of pyridine rings is 1. The number of rotatable bonds is 8. The van der Waals surface area contributed by atoms with E-state index in [1.54, 1.807) is 38.1 Å². The fourth-order valence-electron chi connectivity index (χ4n) is 4.46. The summed E-state index contributed by atoms with van der Waals surface area (Å²) in [5, 5.41) is 12.9. The molecular weight excluding hydrogens is 513 g/mol. The minimum absolute atomic E-state index is 0.0636. The van der Waals surface area contributed by atoms with Crippen LogP contribution >= 0.6 is 23.2 Å². The summed E-state index contributed by atoms with van der Waals surface area (Å²) in [5.41, 5.74) is 2.15. The van der Waals surface area contributed by atoms with Crippen molar-refractivity contribution in [2.45, 2.75) is 32.7 Å². The van der Waals surface area contributed by atoms with Crippen LogP contribution in [0.3, 0.4) is 0 Å². The van der Waals surface area contributed by atoms with E-state index in [-0.39, 0.29) is 27.8 Å². The van der Waals surface area contributed by atoms with Crippen LogP contribution in [0.1, 0.15) is 35.3 Å². The maximum absolute atomic E-state index is 12.8. The molecule has 1 saturated carbocycles. The Morgan fingerprint density at radius 2 is 1.65 bits per heavy atom. The second-order valence-corrected chi connectivity index (χ2v) is 10.2. The van der Waals surface area contributed by atoms with Crippen LogP contribution in [0.2, 0.25) is 10.0 Å². The predicted molar refractivity (Wildman–Crippen MR) is 144 cm³/mol. The first-order chi connectivity index (χ1) is 17.6. The van der Waals surface area contributed by atoms with Crippen LogP contribution in [0, 0.1) is 11.3 Å². The number of nitrogens with zero attached hydrogens (tertiary/aromatic N) is 2. The van der Waals surface area contributed by atoms with Crippen molar-refractivity contribution < 1.29 is 19.5 Å². The molecule has 0 spiro atoms. The average molecular weight is 538 g/mol. The van der Waals surface area contributed by atoms with Crippen molar-refractivity contribution >= 4 is 52.3 Å². The highest BCUT2D eigenvalue weighted by molar-refractivity contribution is 6.40. The largest absolute Gasteiger partial charge is 0.480 e. The first-order valence-electron chi connectivity index (χ1n) is 11.7. The van der Waals surface area contributed by atoms with Crippen molar-refractivity contribution in [3.8, 4) is 0 Å². The van der Waals surface area contributed by atoms with Gasteiger partial charge < -0.3 is 10.4 Å². The van der Waals surface area contributed by atoms with Crippen molar-refractivity contribution in [3.05, 3.63) is 93.7 Å². The standard InChI is InChI=1S/C28H25Cl2N3O4/c1-28(2)24(19(25(28)34)12-16-6-4-3-5-7-16)33-22(27(36)37)13-17-8-10-18(11-9-17)32-26(35)23-20(29)14-31-15-21(23)30/h3-11,14-15,19,22H,12-13H2,1-2H3,(H,32,35)(H,36,37). The third-order valence-corrected chi connectivity index (χ3v) is 7.06. The summed E-state index contributed by atoms with van der Waals surface area (Å²) in [6, 6.07) is 15.3. The van der Waals surface area contributed by atoms with E-state index in [0.717, 1.165) is 11.1 Å². The van der Waals surface area contributed by atoms with Gasteiger partial charge in [0, 0.05) is 30.2 Å². The van der Waals surface area contributed by atoms with Crippen molar-refractivity contribution in [2.75, 3.05) is 5.32 Å². The SMILES string of the molecule is CC1(C)C(=O)C(Cc2ccccc2)C1=NC(Cc1ccc(NC(=O)c2c(Cl)cncc2Cl)cc1)C(=O)O. The first kappa shape index (κ1) is 26.5. The Bertz CT molecular complexity index is 1350. The van der Waals surface area contributed by atoms with Crippen LogP contribution in [0.15, 0.2) is 72.0 Å². The van der Waals surface area contributed by atoms with Gasteiger partial charge in [0.05, 0.1) is 26.9 Å². The van der Waals surface area contributed by atoms with Gasteiger partial charge in [-0.2, -0.15) is 0 Å². The highest BCUT2D eigenvalue weighted by Crippen LogP contribution is 2.41. The Morgan fingerprint density at radius 3 is 2.24 bits per heavy atom. The zero-order chi connectivity index (χ0) is 26.7. The molecule has 0 radical (unpaired) electrons. The van der Waals surface area contributed by atoms with Gasteiger partial charge in [-0.1, -0.05) is 65.7 Å². The Balaban J connectivity index is 1.49. The fraction of sp³-hybridized carbons (Fsp3) is 0.250. The van der Waals surface area contributed by atoms with E-state index >= 15 is 0 Å². The van der Waals surface area contributed by atoms with E-state index in [2.05, 4.69) is 15.3 Å². The summed E-state index contributed by atoms with van der Waals surface area (Å²) in [7, 11) is 0. The molecule has 2 aromatic carbocycles. The van der Waals surface area contributed by atoms with Crippen molar-refractivity contribution in [1.82, 2.24) is 4.98 Å². The lowest BCUT2D eigenvalue weighted by molar-refractivity contribution is -0.138. The highest BCUT2D eigenvalue weighted by Gasteiger charge is 2.53. The molecule has 0 bridgehead atoms. The van der Waals surface area contributed by atoms with Crippen LogP contribution < -0.4 is 5.32 Å². The van der Waals surface area contributed by atoms with E-state index < -0.39 is 29.3 Å². The second kappa shape index (κ2) is 10.8. The topological polar surface area (TPSA) is 109 Å². The smallest absolute Gasteiger partial charge is 0.328 e. The summed E-state index contributed by atoms with van der Waals surface area (Å²) in [6.07, 6.45) is 3.30. The van der Waals surface area contributed by atoms with Crippen molar-refractivity contribution in [2.24, 2.45) is 16.3 Å². The third-order valence-electron chi connectivity index (χ3n) is 6.49. The minimum atomic E-state index is -1.07. The Hall–Kier alpha value is -3.55. The van der Waals surface area contributed by atoms with Crippen molar-refractivity contribution in [3.63, 3.8) is 0 Å². The second-order valence-electron chi connectivity index (χ2n) is 9.43. The van der Waals surface area contributed by atoms with Gasteiger partial charge in [-0.25, -0.2) is 4.79 Å². The number of ketones is 1. The van der Waals surface area contributed by atoms with Crippen molar-refractivity contribution in [1.29, 1.82) is 0 Å². The monoisotopic (exact) mass is 537 g/mol. The molecule has 37 heavy (non-hydrogen) atoms. The molecule has 0 aliphatic heterocycles. The molecule has 190 valence electrons. The summed E-state index contributed by atoms with van der Waals surface area (Å²) >= 11 is 12.1. The van der Waals surface area contributed by atoms with Gasteiger partial charge in [0.2, 0.25) is 0 Å². The van der Waals surface area contributed by atoms with E-state index in [9.17, 15) is 19.5 Å². The molecule has 2 unspecified atom stereocenters. The number of benzene rings is 2. The molecule has 1 fully saturated rings. The number of aromatic nitrogens is 1. The first-order valence-corrected chi connectivity index (χ1v) is 12.4. The van der Waals surface area contributed by atoms with Gasteiger partial charge in [0.25, 0.3) is 5.91 Å². The van der Waals surface area contributed by atoms with Gasteiger partial charge in [0.15, 0.2) is 11.8 Å². The molecule has 1 heterocycles. The summed E-state index contributed by atoms with van der Waals surface area (Å²) < 4.78 is 0. The number of carbonyl (C=O) groups excluding carboxylic acids is 2. The highest BCUT2D eigenvalue weighted by atomic mass is 35.5. The van der Waals surface area contributed by atoms with E-state index in [1.165, 1.54) is 12.4 Å². The molecule has 7 nitrogen and oxygen atoms in total. The zero-order valence-corrected chi connectivity index (χ0v) is 21.8. The number of aliphatic imine (C=N–C) groups is 1. The minimum Gasteiger partial charge on any atom is -0.480 e. The Labute approximate surface area is 224 Å². The van der Waals surface area contributed by atoms with E-state index in [0.29, 0.717) is 17.8 Å². The summed E-state index contributed by atoms with van der Waals surface area (Å²) in [6.45, 7) is 3.57. The summed E-state index contributed by atoms with van der Waals surface area (Å²) in [4.78, 5) is 45.9. The van der Waals surface area contributed by atoms with Gasteiger partial charge in [-0.3, -0.25) is 19.6 Å². The molecule has 3 aromatic rings. The molecule has 1 amide bonds. The maximum Gasteiger partial charge on any atom is 0.328 e. The lowest BCUT2D eigenvalue weighted by Gasteiger charge is -2.43. The van der Waals surface area contributed by atoms with Crippen LogP contribution in [0.25, 0.3) is 0 Å². The number of Topliss-reactive ketones (excluding diaryl/α,β-unsaturated/α-hetero) is 1. The molecule has 1 aliphatic carbocycles. The van der Waals surface area contributed by atoms with Crippen LogP contribution in [0.4, 0.5) is 5.69 Å². The quantitative estimate of drug-likeness (QED) is 0.391. The van der Waals surface area contributed by atoms with Gasteiger partial charge in [-0.15, -0.1) is 0 Å². The Kier molecular flexibility index (Phi) is 7.76. The van der Waals surface area contributed by atoms with E-state index in [1.807, 2.05) is 30.3 Å². The number of amides is 1. The maximum atomic E-state index is 12.8. The number of aliphatic carboxylic acids is 1. The summed E-state index contributed by atoms with van der Waals surface area (Å²) in [5.74, 6) is -1.92. The molecule has 1 aromatic heterocycles. The lowest BCUT2D eigenvalue weighted by Crippen LogP contribution is -2.56. The van der Waals surface area contributed by atoms with Gasteiger partial charge in [-0.05, 0) is 43.5 Å². The van der Waals surface area contributed by atoms with Crippen LogP contribution in [-0.4, -0.2) is 39.5 Å². The van der Waals surface area contributed by atoms with Gasteiger partial charge in [0.1, 0.15) is 0 Å². The number of carbonyl (C=O) groups is 3. The normalized spacial score (nSPS) is 18.2. The molecule has 2 N–H and O–H groups in total. The molecule has 9 heteroatoms. The van der Waals surface area contributed by atoms with E-state index in [4.69, 9.17) is 23.2 Å².